The zero-order valence-corrected chi connectivity index (χ0v) is 13.5. The zero-order valence-electron chi connectivity index (χ0n) is 13.5. The number of anilines is 1. The molecule has 1 fully saturated rings. The summed E-state index contributed by atoms with van der Waals surface area (Å²) in [7, 11) is 0. The molecule has 0 bridgehead atoms. The highest BCUT2D eigenvalue weighted by Crippen LogP contribution is 2.11. The lowest BCUT2D eigenvalue weighted by molar-refractivity contribution is 0.0342. The lowest BCUT2D eigenvalue weighted by Crippen LogP contribution is -2.35. The summed E-state index contributed by atoms with van der Waals surface area (Å²) in [5, 5.41) is 3.45. The summed E-state index contributed by atoms with van der Waals surface area (Å²) >= 11 is 0. The normalized spacial score (nSPS) is 15.7. The molecule has 0 unspecified atom stereocenters. The van der Waals surface area contributed by atoms with Crippen molar-refractivity contribution in [2.45, 2.75) is 19.6 Å². The largest absolute Gasteiger partial charge is 0.398 e. The summed E-state index contributed by atoms with van der Waals surface area (Å²) in [4.78, 5) is 2.44. The van der Waals surface area contributed by atoms with E-state index in [0.29, 0.717) is 0 Å². The van der Waals surface area contributed by atoms with Crippen molar-refractivity contribution in [2.75, 3.05) is 32.0 Å². The number of para-hydroxylation sites is 1. The molecule has 3 N–H and O–H groups in total. The molecule has 4 heteroatoms. The first-order chi connectivity index (χ1) is 11.3. The molecule has 3 rings (SSSR count). The molecule has 0 amide bonds. The molecule has 1 heterocycles. The quantitative estimate of drug-likeness (QED) is 0.804. The van der Waals surface area contributed by atoms with Gasteiger partial charge in [0.2, 0.25) is 0 Å². The molecule has 0 aliphatic carbocycles. The Morgan fingerprint density at radius 1 is 0.913 bits per heavy atom. The maximum atomic E-state index is 5.96. The third kappa shape index (κ3) is 4.79. The molecule has 0 aromatic heterocycles. The predicted octanol–water partition coefficient (Wildman–Crippen LogP) is 2.39. The van der Waals surface area contributed by atoms with Crippen molar-refractivity contribution in [3.05, 3.63) is 65.2 Å². The highest BCUT2D eigenvalue weighted by Gasteiger charge is 2.10. The second-order valence-corrected chi connectivity index (χ2v) is 6.01. The Hall–Kier alpha value is -1.88. The van der Waals surface area contributed by atoms with E-state index in [1.807, 2.05) is 18.2 Å². The summed E-state index contributed by atoms with van der Waals surface area (Å²) in [6.07, 6.45) is 0. The molecule has 1 aliphatic rings. The fraction of sp³-hybridized carbons (Fsp3) is 0.368. The van der Waals surface area contributed by atoms with Crippen molar-refractivity contribution in [3.63, 3.8) is 0 Å². The van der Waals surface area contributed by atoms with Crippen molar-refractivity contribution >= 4 is 5.69 Å². The number of ether oxygens (including phenoxy) is 1. The van der Waals surface area contributed by atoms with Crippen LogP contribution in [0.15, 0.2) is 48.5 Å². The molecule has 0 radical (unpaired) electrons. The van der Waals surface area contributed by atoms with Crippen LogP contribution in [0.4, 0.5) is 5.69 Å². The second-order valence-electron chi connectivity index (χ2n) is 6.01. The fourth-order valence-electron chi connectivity index (χ4n) is 2.82. The number of morpholine rings is 1. The molecular weight excluding hydrogens is 286 g/mol. The van der Waals surface area contributed by atoms with Gasteiger partial charge in [-0.3, -0.25) is 4.90 Å². The van der Waals surface area contributed by atoms with E-state index in [2.05, 4.69) is 40.5 Å². The van der Waals surface area contributed by atoms with Crippen molar-refractivity contribution in [1.29, 1.82) is 0 Å². The van der Waals surface area contributed by atoms with Gasteiger partial charge < -0.3 is 15.8 Å². The Morgan fingerprint density at radius 2 is 1.61 bits per heavy atom. The van der Waals surface area contributed by atoms with Crippen molar-refractivity contribution in [2.24, 2.45) is 0 Å². The van der Waals surface area contributed by atoms with Crippen LogP contribution in [0.5, 0.6) is 0 Å². The molecular formula is C19H25N3O. The number of nitrogen functional groups attached to an aromatic ring is 1. The van der Waals surface area contributed by atoms with Gasteiger partial charge in [-0.05, 0) is 22.8 Å². The lowest BCUT2D eigenvalue weighted by atomic mass is 10.1. The van der Waals surface area contributed by atoms with Gasteiger partial charge in [0, 0.05) is 38.4 Å². The topological polar surface area (TPSA) is 50.5 Å². The van der Waals surface area contributed by atoms with E-state index < -0.39 is 0 Å². The molecule has 0 atom stereocenters. The molecule has 122 valence electrons. The fourth-order valence-corrected chi connectivity index (χ4v) is 2.82. The summed E-state index contributed by atoms with van der Waals surface area (Å²) in [6, 6.07) is 16.9. The molecule has 23 heavy (non-hydrogen) atoms. The molecule has 1 aliphatic heterocycles. The van der Waals surface area contributed by atoms with Gasteiger partial charge in [-0.1, -0.05) is 42.5 Å². The van der Waals surface area contributed by atoms with Crippen LogP contribution in [0.1, 0.15) is 16.7 Å². The number of nitrogens with two attached hydrogens (primary N) is 1. The monoisotopic (exact) mass is 311 g/mol. The van der Waals surface area contributed by atoms with E-state index in [1.165, 1.54) is 11.1 Å². The highest BCUT2D eigenvalue weighted by atomic mass is 16.5. The van der Waals surface area contributed by atoms with Crippen molar-refractivity contribution in [1.82, 2.24) is 10.2 Å². The second kappa shape index (κ2) is 8.11. The van der Waals surface area contributed by atoms with Crippen LogP contribution in [0.25, 0.3) is 0 Å². The maximum Gasteiger partial charge on any atom is 0.0594 e. The summed E-state index contributed by atoms with van der Waals surface area (Å²) in [5.74, 6) is 0. The van der Waals surface area contributed by atoms with Crippen LogP contribution < -0.4 is 11.1 Å². The van der Waals surface area contributed by atoms with Crippen LogP contribution in [0, 0.1) is 0 Å². The minimum absolute atomic E-state index is 0.794. The molecule has 0 spiro atoms. The molecule has 4 nitrogen and oxygen atoms in total. The highest BCUT2D eigenvalue weighted by molar-refractivity contribution is 5.46. The van der Waals surface area contributed by atoms with Crippen molar-refractivity contribution in [3.8, 4) is 0 Å². The van der Waals surface area contributed by atoms with E-state index in [9.17, 15) is 0 Å². The van der Waals surface area contributed by atoms with Gasteiger partial charge in [-0.15, -0.1) is 0 Å². The van der Waals surface area contributed by atoms with E-state index in [-0.39, 0.29) is 0 Å². The molecule has 2 aromatic carbocycles. The van der Waals surface area contributed by atoms with Crippen LogP contribution in [-0.4, -0.2) is 31.2 Å². The minimum atomic E-state index is 0.794. The lowest BCUT2D eigenvalue weighted by Gasteiger charge is -2.26. The van der Waals surface area contributed by atoms with Crippen LogP contribution in [0.3, 0.4) is 0 Å². The van der Waals surface area contributed by atoms with Gasteiger partial charge in [0.15, 0.2) is 0 Å². The first-order valence-electron chi connectivity index (χ1n) is 8.23. The minimum Gasteiger partial charge on any atom is -0.398 e. The summed E-state index contributed by atoms with van der Waals surface area (Å²) in [6.45, 7) is 6.42. The molecule has 0 saturated carbocycles. The first-order valence-corrected chi connectivity index (χ1v) is 8.23. The molecule has 1 saturated heterocycles. The maximum absolute atomic E-state index is 5.96. The Labute approximate surface area is 138 Å². The smallest absolute Gasteiger partial charge is 0.0594 e. The average molecular weight is 311 g/mol. The zero-order chi connectivity index (χ0) is 15.9. The number of nitrogens with zero attached hydrogens (tertiary/aromatic N) is 1. The Morgan fingerprint density at radius 3 is 2.35 bits per heavy atom. The van der Waals surface area contributed by atoms with Crippen molar-refractivity contribution < 1.29 is 4.74 Å². The number of hydrogen-bond acceptors (Lipinski definition) is 4. The number of benzene rings is 2. The van der Waals surface area contributed by atoms with Gasteiger partial charge in [0.25, 0.3) is 0 Å². The molecule has 2 aromatic rings. The Bertz CT molecular complexity index is 606. The predicted molar refractivity (Wildman–Crippen MR) is 93.9 cm³/mol. The average Bonchev–Trinajstić information content (AvgIpc) is 2.59. The Balaban J connectivity index is 1.46. The van der Waals surface area contributed by atoms with E-state index in [1.54, 1.807) is 0 Å². The van der Waals surface area contributed by atoms with Gasteiger partial charge in [-0.25, -0.2) is 0 Å². The number of hydrogen-bond donors (Lipinski definition) is 2. The Kier molecular flexibility index (Phi) is 5.64. The SMILES string of the molecule is Nc1ccccc1CNCc1ccc(CN2CCOCC2)cc1. The third-order valence-electron chi connectivity index (χ3n) is 4.23. The van der Waals surface area contributed by atoms with E-state index in [4.69, 9.17) is 10.5 Å². The standard InChI is InChI=1S/C19H25N3O/c20-19-4-2-1-3-18(19)14-21-13-16-5-7-17(8-6-16)15-22-9-11-23-12-10-22/h1-8,21H,9-15,20H2. The van der Waals surface area contributed by atoms with Crippen LogP contribution in [0.2, 0.25) is 0 Å². The third-order valence-corrected chi connectivity index (χ3v) is 4.23. The van der Waals surface area contributed by atoms with E-state index >= 15 is 0 Å². The summed E-state index contributed by atoms with van der Waals surface area (Å²) in [5.41, 5.74) is 10.6. The summed E-state index contributed by atoms with van der Waals surface area (Å²) < 4.78 is 5.39. The van der Waals surface area contributed by atoms with Crippen LogP contribution in [-0.2, 0) is 24.4 Å². The van der Waals surface area contributed by atoms with Crippen LogP contribution >= 0.6 is 0 Å². The van der Waals surface area contributed by atoms with Gasteiger partial charge in [0.1, 0.15) is 0 Å². The van der Waals surface area contributed by atoms with Gasteiger partial charge >= 0.3 is 0 Å². The number of nitrogens with one attached hydrogen (secondary N) is 1. The van der Waals surface area contributed by atoms with Gasteiger partial charge in [0.05, 0.1) is 13.2 Å². The van der Waals surface area contributed by atoms with Gasteiger partial charge in [-0.2, -0.15) is 0 Å². The first kappa shape index (κ1) is 16.0. The van der Waals surface area contributed by atoms with E-state index in [0.717, 1.165) is 57.2 Å². The number of rotatable bonds is 6.